The molecular formula is C12H17NO. The largest absolute Gasteiger partial charge is 0.489 e. The molecule has 0 spiro atoms. The van der Waals surface area contributed by atoms with Crippen LogP contribution in [0.5, 0.6) is 5.75 Å². The summed E-state index contributed by atoms with van der Waals surface area (Å²) in [5.41, 5.74) is 2.16. The number of hydrogen-bond donors (Lipinski definition) is 0. The van der Waals surface area contributed by atoms with Crippen molar-refractivity contribution < 1.29 is 4.74 Å². The Morgan fingerprint density at radius 1 is 1.36 bits per heavy atom. The zero-order chi connectivity index (χ0) is 10.1. The second kappa shape index (κ2) is 3.60. The van der Waals surface area contributed by atoms with Gasteiger partial charge < -0.3 is 4.74 Å². The smallest absolute Gasteiger partial charge is 0.140 e. The summed E-state index contributed by atoms with van der Waals surface area (Å²) in [6, 6.07) is 4.12. The van der Waals surface area contributed by atoms with Crippen molar-refractivity contribution in [3.05, 3.63) is 23.5 Å². The minimum Gasteiger partial charge on any atom is -0.489 e. The molecule has 0 amide bonds. The lowest BCUT2D eigenvalue weighted by atomic mass is 10.1. The monoisotopic (exact) mass is 191 g/mol. The third-order valence-corrected chi connectivity index (χ3v) is 2.47. The molecule has 76 valence electrons. The van der Waals surface area contributed by atoms with E-state index in [0.29, 0.717) is 12.0 Å². The van der Waals surface area contributed by atoms with Gasteiger partial charge in [0.25, 0.3) is 0 Å². The molecule has 1 fully saturated rings. The summed E-state index contributed by atoms with van der Waals surface area (Å²) in [5, 5.41) is 0. The Bertz CT molecular complexity index is 329. The number of pyridine rings is 1. The Morgan fingerprint density at radius 2 is 2.07 bits per heavy atom. The van der Waals surface area contributed by atoms with Gasteiger partial charge in [0.2, 0.25) is 0 Å². The molecule has 0 N–H and O–H groups in total. The van der Waals surface area contributed by atoms with E-state index < -0.39 is 0 Å². The van der Waals surface area contributed by atoms with Gasteiger partial charge in [-0.2, -0.15) is 0 Å². The van der Waals surface area contributed by atoms with Crippen LogP contribution in [0.4, 0.5) is 0 Å². The molecule has 1 aromatic rings. The van der Waals surface area contributed by atoms with E-state index in [0.717, 1.165) is 17.1 Å². The van der Waals surface area contributed by atoms with Gasteiger partial charge in [-0.05, 0) is 37.8 Å². The van der Waals surface area contributed by atoms with Gasteiger partial charge in [-0.15, -0.1) is 0 Å². The predicted molar refractivity (Wildman–Crippen MR) is 56.7 cm³/mol. The van der Waals surface area contributed by atoms with Crippen LogP contribution >= 0.6 is 0 Å². The molecule has 0 bridgehead atoms. The van der Waals surface area contributed by atoms with Gasteiger partial charge in [-0.1, -0.05) is 13.8 Å². The van der Waals surface area contributed by atoms with Gasteiger partial charge in [-0.25, -0.2) is 0 Å². The van der Waals surface area contributed by atoms with Gasteiger partial charge in [0, 0.05) is 5.69 Å². The van der Waals surface area contributed by atoms with E-state index in [9.17, 15) is 0 Å². The van der Waals surface area contributed by atoms with E-state index in [4.69, 9.17) is 4.74 Å². The van der Waals surface area contributed by atoms with Gasteiger partial charge in [0.05, 0.1) is 11.8 Å². The molecule has 0 saturated heterocycles. The van der Waals surface area contributed by atoms with Crippen LogP contribution < -0.4 is 4.74 Å². The summed E-state index contributed by atoms with van der Waals surface area (Å²) in [4.78, 5) is 4.53. The van der Waals surface area contributed by atoms with Crippen molar-refractivity contribution in [2.75, 3.05) is 0 Å². The molecule has 0 aliphatic heterocycles. The first kappa shape index (κ1) is 9.50. The number of aryl methyl sites for hydroxylation is 1. The molecular weight excluding hydrogens is 174 g/mol. The van der Waals surface area contributed by atoms with E-state index in [-0.39, 0.29) is 0 Å². The van der Waals surface area contributed by atoms with Crippen LogP contribution in [0, 0.1) is 6.92 Å². The highest BCUT2D eigenvalue weighted by atomic mass is 16.5. The number of aromatic nitrogens is 1. The Labute approximate surface area is 85.3 Å². The number of nitrogens with zero attached hydrogens (tertiary/aromatic N) is 1. The Kier molecular flexibility index (Phi) is 2.44. The molecule has 0 aromatic carbocycles. The molecule has 1 aliphatic carbocycles. The lowest BCUT2D eigenvalue weighted by Crippen LogP contribution is -2.01. The molecule has 2 heteroatoms. The van der Waals surface area contributed by atoms with E-state index >= 15 is 0 Å². The fourth-order valence-electron chi connectivity index (χ4n) is 1.38. The fourth-order valence-corrected chi connectivity index (χ4v) is 1.38. The van der Waals surface area contributed by atoms with Crippen molar-refractivity contribution in [3.8, 4) is 5.75 Å². The normalized spacial score (nSPS) is 16.0. The Balaban J connectivity index is 2.17. The fraction of sp³-hybridized carbons (Fsp3) is 0.583. The molecule has 0 radical (unpaired) electrons. The van der Waals surface area contributed by atoms with Crippen molar-refractivity contribution in [2.45, 2.75) is 45.6 Å². The predicted octanol–water partition coefficient (Wildman–Crippen LogP) is 3.05. The van der Waals surface area contributed by atoms with E-state index in [1.54, 1.807) is 0 Å². The van der Waals surface area contributed by atoms with Crippen molar-refractivity contribution >= 4 is 0 Å². The highest BCUT2D eigenvalue weighted by Gasteiger charge is 2.24. The summed E-state index contributed by atoms with van der Waals surface area (Å²) in [7, 11) is 0. The summed E-state index contributed by atoms with van der Waals surface area (Å²) in [5.74, 6) is 1.44. The second-order valence-electron chi connectivity index (χ2n) is 4.29. The Hall–Kier alpha value is -1.05. The minimum absolute atomic E-state index is 0.459. The SMILES string of the molecule is Cc1nc(C(C)C)ccc1OC1CC1. The number of ether oxygens (including phenoxy) is 1. The zero-order valence-electron chi connectivity index (χ0n) is 9.08. The molecule has 1 aromatic heterocycles. The van der Waals surface area contributed by atoms with Crippen LogP contribution in [0.2, 0.25) is 0 Å². The summed E-state index contributed by atoms with van der Waals surface area (Å²) in [6.45, 7) is 6.33. The molecule has 1 heterocycles. The first-order chi connectivity index (χ1) is 6.66. The van der Waals surface area contributed by atoms with Crippen molar-refractivity contribution in [2.24, 2.45) is 0 Å². The molecule has 14 heavy (non-hydrogen) atoms. The van der Waals surface area contributed by atoms with Crippen molar-refractivity contribution in [1.29, 1.82) is 0 Å². The van der Waals surface area contributed by atoms with E-state index in [2.05, 4.69) is 31.0 Å². The standard InChI is InChI=1S/C12H17NO/c1-8(2)11-6-7-12(9(3)13-11)14-10-4-5-10/h6-8,10H,4-5H2,1-3H3. The maximum atomic E-state index is 5.73. The van der Waals surface area contributed by atoms with E-state index in [1.165, 1.54) is 12.8 Å². The molecule has 2 nitrogen and oxygen atoms in total. The number of hydrogen-bond acceptors (Lipinski definition) is 2. The first-order valence-electron chi connectivity index (χ1n) is 5.31. The van der Waals surface area contributed by atoms with Crippen LogP contribution in [0.3, 0.4) is 0 Å². The van der Waals surface area contributed by atoms with Gasteiger partial charge in [0.1, 0.15) is 5.75 Å². The third-order valence-electron chi connectivity index (χ3n) is 2.47. The maximum absolute atomic E-state index is 5.73. The molecule has 1 aliphatic rings. The molecule has 2 rings (SSSR count). The zero-order valence-corrected chi connectivity index (χ0v) is 9.08. The van der Waals surface area contributed by atoms with Gasteiger partial charge >= 0.3 is 0 Å². The molecule has 1 saturated carbocycles. The van der Waals surface area contributed by atoms with Crippen molar-refractivity contribution in [1.82, 2.24) is 4.98 Å². The van der Waals surface area contributed by atoms with Gasteiger partial charge in [-0.3, -0.25) is 4.98 Å². The first-order valence-corrected chi connectivity index (χ1v) is 5.31. The molecule has 0 atom stereocenters. The highest BCUT2D eigenvalue weighted by Crippen LogP contribution is 2.28. The Morgan fingerprint density at radius 3 is 2.57 bits per heavy atom. The molecule has 0 unspecified atom stereocenters. The van der Waals surface area contributed by atoms with Crippen LogP contribution in [0.25, 0.3) is 0 Å². The van der Waals surface area contributed by atoms with Crippen LogP contribution in [-0.2, 0) is 0 Å². The average molecular weight is 191 g/mol. The summed E-state index contributed by atoms with van der Waals surface area (Å²) >= 11 is 0. The second-order valence-corrected chi connectivity index (χ2v) is 4.29. The quantitative estimate of drug-likeness (QED) is 0.732. The topological polar surface area (TPSA) is 22.1 Å². The summed E-state index contributed by atoms with van der Waals surface area (Å²) in [6.07, 6.45) is 2.86. The van der Waals surface area contributed by atoms with Crippen LogP contribution in [-0.4, -0.2) is 11.1 Å². The highest BCUT2D eigenvalue weighted by molar-refractivity contribution is 5.29. The van der Waals surface area contributed by atoms with E-state index in [1.807, 2.05) is 6.92 Å². The van der Waals surface area contributed by atoms with Crippen molar-refractivity contribution in [3.63, 3.8) is 0 Å². The van der Waals surface area contributed by atoms with Crippen LogP contribution in [0.15, 0.2) is 12.1 Å². The van der Waals surface area contributed by atoms with Crippen LogP contribution in [0.1, 0.15) is 44.0 Å². The van der Waals surface area contributed by atoms with Gasteiger partial charge in [0.15, 0.2) is 0 Å². The lowest BCUT2D eigenvalue weighted by Gasteiger charge is -2.10. The lowest BCUT2D eigenvalue weighted by molar-refractivity contribution is 0.299. The number of rotatable bonds is 3. The third kappa shape index (κ3) is 2.06. The minimum atomic E-state index is 0.459. The summed E-state index contributed by atoms with van der Waals surface area (Å²) < 4.78 is 5.73. The maximum Gasteiger partial charge on any atom is 0.140 e. The average Bonchev–Trinajstić information content (AvgIpc) is 2.92.